The van der Waals surface area contributed by atoms with Gasteiger partial charge in [-0.25, -0.2) is 4.98 Å². The number of thioether (sulfide) groups is 2. The molecule has 30 heavy (non-hydrogen) atoms. The predicted molar refractivity (Wildman–Crippen MR) is 121 cm³/mol. The number of carbonyl (C=O) groups is 2. The van der Waals surface area contributed by atoms with Crippen LogP contribution in [0, 0.1) is 0 Å². The number of halogens is 1. The number of aromatic amines is 1. The van der Waals surface area contributed by atoms with E-state index in [2.05, 4.69) is 36.4 Å². The van der Waals surface area contributed by atoms with Gasteiger partial charge in [-0.05, 0) is 47.7 Å². The van der Waals surface area contributed by atoms with E-state index < -0.39 is 0 Å². The molecule has 152 valence electrons. The summed E-state index contributed by atoms with van der Waals surface area (Å²) in [5, 5.41) is 9.73. The van der Waals surface area contributed by atoms with Crippen LogP contribution in [-0.2, 0) is 4.79 Å². The maximum atomic E-state index is 11.6. The van der Waals surface area contributed by atoms with E-state index in [0.29, 0.717) is 22.4 Å². The number of imide groups is 1. The monoisotopic (exact) mass is 502 g/mol. The molecule has 2 aromatic carbocycles. The summed E-state index contributed by atoms with van der Waals surface area (Å²) in [5.74, 6) is 1.79. The minimum absolute atomic E-state index is 0.348. The lowest BCUT2D eigenvalue weighted by Crippen LogP contribution is -2.17. The molecule has 4 rings (SSSR count). The number of hydrogen-bond donors (Lipinski definition) is 2. The molecule has 0 atom stereocenters. The van der Waals surface area contributed by atoms with Crippen LogP contribution in [0.1, 0.15) is 5.56 Å². The van der Waals surface area contributed by atoms with Gasteiger partial charge in [0, 0.05) is 15.8 Å². The van der Waals surface area contributed by atoms with E-state index >= 15 is 0 Å². The van der Waals surface area contributed by atoms with Crippen molar-refractivity contribution >= 4 is 56.7 Å². The molecule has 1 aliphatic rings. The maximum absolute atomic E-state index is 11.6. The molecule has 7 nitrogen and oxygen atoms in total. The molecule has 1 fully saturated rings. The fourth-order valence-corrected chi connectivity index (χ4v) is 4.13. The van der Waals surface area contributed by atoms with Gasteiger partial charge in [0.1, 0.15) is 5.75 Å². The minimum atomic E-state index is -0.363. The van der Waals surface area contributed by atoms with Crippen LogP contribution in [0.5, 0.6) is 5.75 Å². The van der Waals surface area contributed by atoms with Gasteiger partial charge >= 0.3 is 0 Å². The third-order valence-corrected chi connectivity index (χ3v) is 6.14. The standard InChI is InChI=1S/C20H15BrN4O3S2/c21-14-5-3-13(4-6-14)17-22-19(25-24-17)29-10-9-28-15-7-1-12(2-8-15)11-16-18(26)23-20(27)30-16/h1-8,11H,9-10H2,(H,22,24,25)(H,23,26,27)/b16-11-. The summed E-state index contributed by atoms with van der Waals surface area (Å²) < 4.78 is 6.76. The van der Waals surface area contributed by atoms with E-state index in [4.69, 9.17) is 4.74 Å². The Kier molecular flexibility index (Phi) is 6.56. The zero-order valence-corrected chi connectivity index (χ0v) is 18.6. The van der Waals surface area contributed by atoms with E-state index in [9.17, 15) is 9.59 Å². The van der Waals surface area contributed by atoms with Crippen molar-refractivity contribution in [2.45, 2.75) is 5.16 Å². The van der Waals surface area contributed by atoms with Gasteiger partial charge in [0.2, 0.25) is 5.16 Å². The number of benzene rings is 2. The summed E-state index contributed by atoms with van der Waals surface area (Å²) in [6, 6.07) is 15.2. The van der Waals surface area contributed by atoms with Gasteiger partial charge in [0.05, 0.1) is 11.5 Å². The van der Waals surface area contributed by atoms with Crippen molar-refractivity contribution in [3.63, 3.8) is 0 Å². The molecule has 2 heterocycles. The Hall–Kier alpha value is -2.56. The van der Waals surface area contributed by atoms with Gasteiger partial charge < -0.3 is 4.74 Å². The van der Waals surface area contributed by atoms with E-state index in [1.807, 2.05) is 48.5 Å². The molecule has 2 N–H and O–H groups in total. The van der Waals surface area contributed by atoms with Crippen molar-refractivity contribution in [3.8, 4) is 17.1 Å². The molecule has 2 amide bonds. The lowest BCUT2D eigenvalue weighted by Gasteiger charge is -2.05. The molecular weight excluding hydrogens is 488 g/mol. The van der Waals surface area contributed by atoms with Crippen molar-refractivity contribution < 1.29 is 14.3 Å². The molecule has 0 aliphatic carbocycles. The Bertz CT molecular complexity index is 1100. The van der Waals surface area contributed by atoms with Crippen LogP contribution in [0.3, 0.4) is 0 Å². The van der Waals surface area contributed by atoms with Gasteiger partial charge in [-0.2, -0.15) is 0 Å². The number of H-pyrrole nitrogens is 1. The van der Waals surface area contributed by atoms with Crippen LogP contribution in [0.25, 0.3) is 17.5 Å². The zero-order chi connectivity index (χ0) is 20.9. The average molecular weight is 503 g/mol. The van der Waals surface area contributed by atoms with Gasteiger partial charge in [-0.1, -0.05) is 52.0 Å². The first-order valence-corrected chi connectivity index (χ1v) is 11.5. The van der Waals surface area contributed by atoms with Crippen LogP contribution in [0.15, 0.2) is 63.1 Å². The van der Waals surface area contributed by atoms with Crippen LogP contribution in [-0.4, -0.2) is 38.7 Å². The first-order chi connectivity index (χ1) is 14.6. The Morgan fingerprint density at radius 2 is 1.87 bits per heavy atom. The molecule has 1 saturated heterocycles. The molecule has 1 aromatic heterocycles. The highest BCUT2D eigenvalue weighted by Crippen LogP contribution is 2.26. The molecule has 1 aliphatic heterocycles. The maximum Gasteiger partial charge on any atom is 0.290 e. The molecule has 10 heteroatoms. The number of rotatable bonds is 7. The SMILES string of the molecule is O=C1NC(=O)/C(=C/c2ccc(OCCSc3n[nH]c(-c4ccc(Br)cc4)n3)cc2)S1. The van der Waals surface area contributed by atoms with Crippen LogP contribution in [0.4, 0.5) is 4.79 Å². The van der Waals surface area contributed by atoms with Crippen molar-refractivity contribution in [1.82, 2.24) is 20.5 Å². The summed E-state index contributed by atoms with van der Waals surface area (Å²) in [5.41, 5.74) is 1.80. The van der Waals surface area contributed by atoms with E-state index in [-0.39, 0.29) is 11.1 Å². The lowest BCUT2D eigenvalue weighted by molar-refractivity contribution is -0.115. The number of hydrogen-bond acceptors (Lipinski definition) is 7. The Morgan fingerprint density at radius 1 is 1.10 bits per heavy atom. The third kappa shape index (κ3) is 5.32. The number of ether oxygens (including phenoxy) is 1. The molecular formula is C20H15BrN4O3S2. The van der Waals surface area contributed by atoms with Gasteiger partial charge in [-0.15, -0.1) is 5.10 Å². The highest BCUT2D eigenvalue weighted by atomic mass is 79.9. The molecule has 3 aromatic rings. The van der Waals surface area contributed by atoms with Crippen molar-refractivity contribution in [2.75, 3.05) is 12.4 Å². The van der Waals surface area contributed by atoms with Crippen LogP contribution in [0.2, 0.25) is 0 Å². The largest absolute Gasteiger partial charge is 0.493 e. The van der Waals surface area contributed by atoms with Gasteiger partial charge in [-0.3, -0.25) is 20.0 Å². The zero-order valence-electron chi connectivity index (χ0n) is 15.4. The Labute approximate surface area is 189 Å². The molecule has 0 radical (unpaired) electrons. The summed E-state index contributed by atoms with van der Waals surface area (Å²) in [7, 11) is 0. The fourth-order valence-electron chi connectivity index (χ4n) is 2.57. The minimum Gasteiger partial charge on any atom is -0.493 e. The van der Waals surface area contributed by atoms with Crippen LogP contribution < -0.4 is 10.1 Å². The predicted octanol–water partition coefficient (Wildman–Crippen LogP) is 4.73. The molecule has 0 spiro atoms. The van der Waals surface area contributed by atoms with Crippen molar-refractivity contribution in [1.29, 1.82) is 0 Å². The van der Waals surface area contributed by atoms with E-state index in [0.717, 1.165) is 38.9 Å². The number of aromatic nitrogens is 3. The number of carbonyl (C=O) groups excluding carboxylic acids is 2. The van der Waals surface area contributed by atoms with Gasteiger partial charge in [0.25, 0.3) is 11.1 Å². The normalized spacial score (nSPS) is 14.9. The summed E-state index contributed by atoms with van der Waals surface area (Å²) in [6.45, 7) is 0.500. The molecule has 0 saturated carbocycles. The van der Waals surface area contributed by atoms with E-state index in [1.165, 1.54) is 11.8 Å². The summed E-state index contributed by atoms with van der Waals surface area (Å²) in [4.78, 5) is 27.7. The first-order valence-electron chi connectivity index (χ1n) is 8.86. The highest BCUT2D eigenvalue weighted by molar-refractivity contribution is 9.10. The van der Waals surface area contributed by atoms with E-state index in [1.54, 1.807) is 6.08 Å². The molecule has 0 unspecified atom stereocenters. The summed E-state index contributed by atoms with van der Waals surface area (Å²) in [6.07, 6.45) is 1.68. The van der Waals surface area contributed by atoms with Crippen molar-refractivity contribution in [3.05, 3.63) is 63.5 Å². The smallest absolute Gasteiger partial charge is 0.290 e. The summed E-state index contributed by atoms with van der Waals surface area (Å²) >= 11 is 5.82. The second-order valence-corrected chi connectivity index (χ2v) is 9.08. The van der Waals surface area contributed by atoms with Gasteiger partial charge in [0.15, 0.2) is 5.82 Å². The molecule has 0 bridgehead atoms. The topological polar surface area (TPSA) is 97.0 Å². The quantitative estimate of drug-likeness (QED) is 0.273. The average Bonchev–Trinajstić information content (AvgIpc) is 3.33. The third-order valence-electron chi connectivity index (χ3n) is 3.99. The fraction of sp³-hybridized carbons (Fsp3) is 0.100. The second-order valence-electron chi connectivity index (χ2n) is 6.09. The first kappa shape index (κ1) is 20.7. The Morgan fingerprint density at radius 3 is 2.57 bits per heavy atom. The lowest BCUT2D eigenvalue weighted by atomic mass is 10.2. The highest BCUT2D eigenvalue weighted by Gasteiger charge is 2.24. The van der Waals surface area contributed by atoms with Crippen molar-refractivity contribution in [2.24, 2.45) is 0 Å². The number of nitrogens with zero attached hydrogens (tertiary/aromatic N) is 2. The number of nitrogens with one attached hydrogen (secondary N) is 2. The Balaban J connectivity index is 1.25. The van der Waals surface area contributed by atoms with Crippen LogP contribution >= 0.6 is 39.5 Å². The second kappa shape index (κ2) is 9.50. The number of amides is 2.